The fourth-order valence-corrected chi connectivity index (χ4v) is 4.63. The lowest BCUT2D eigenvalue weighted by atomic mass is 10.1. The van der Waals surface area contributed by atoms with Gasteiger partial charge in [0.1, 0.15) is 10.8 Å². The molecule has 0 atom stereocenters. The molecule has 10 heteroatoms. The summed E-state index contributed by atoms with van der Waals surface area (Å²) in [7, 11) is -4.02. The highest BCUT2D eigenvalue weighted by molar-refractivity contribution is 7.91. The van der Waals surface area contributed by atoms with Crippen LogP contribution in [0.25, 0.3) is 21.8 Å². The van der Waals surface area contributed by atoms with E-state index in [4.69, 9.17) is 4.74 Å². The van der Waals surface area contributed by atoms with Gasteiger partial charge >= 0.3 is 5.51 Å². The number of ether oxygens (including phenoxy) is 1. The molecular formula is C21H21F3N2O3S2. The van der Waals surface area contributed by atoms with Crippen molar-refractivity contribution in [1.29, 1.82) is 0 Å². The first-order valence-electron chi connectivity index (χ1n) is 9.37. The topological polar surface area (TPSA) is 69.2 Å². The van der Waals surface area contributed by atoms with Gasteiger partial charge in [0.25, 0.3) is 9.84 Å². The molecule has 0 aliphatic heterocycles. The van der Waals surface area contributed by atoms with Crippen molar-refractivity contribution in [3.63, 3.8) is 0 Å². The number of hydrogen-bond acceptors (Lipinski definition) is 6. The molecule has 0 radical (unpaired) electrons. The molecule has 0 N–H and O–H groups in total. The van der Waals surface area contributed by atoms with Gasteiger partial charge in [-0.05, 0) is 30.5 Å². The van der Waals surface area contributed by atoms with E-state index in [-0.39, 0.29) is 11.3 Å². The van der Waals surface area contributed by atoms with Crippen molar-refractivity contribution in [2.45, 2.75) is 31.5 Å². The van der Waals surface area contributed by atoms with Crippen LogP contribution in [0, 0.1) is 5.92 Å². The average molecular weight is 471 g/mol. The van der Waals surface area contributed by atoms with Crippen LogP contribution in [0.4, 0.5) is 13.2 Å². The van der Waals surface area contributed by atoms with Crippen LogP contribution in [0.5, 0.6) is 5.75 Å². The Bertz CT molecular complexity index is 1170. The second-order valence-corrected chi connectivity index (χ2v) is 10.2. The molecule has 0 saturated heterocycles. The van der Waals surface area contributed by atoms with Crippen molar-refractivity contribution in [2.75, 3.05) is 7.11 Å². The van der Waals surface area contributed by atoms with Crippen molar-refractivity contribution >= 4 is 21.2 Å². The van der Waals surface area contributed by atoms with Crippen molar-refractivity contribution in [3.05, 3.63) is 53.2 Å². The molecule has 0 amide bonds. The van der Waals surface area contributed by atoms with E-state index >= 15 is 0 Å². The SMILES string of the molecule is COc1cc(-c2csc(-c3ccnc(CC(C)C)c3)n2)ccc1CS(=O)(=O)C(F)(F)F. The minimum Gasteiger partial charge on any atom is -0.496 e. The molecule has 0 bridgehead atoms. The van der Waals surface area contributed by atoms with E-state index in [2.05, 4.69) is 23.8 Å². The van der Waals surface area contributed by atoms with Crippen LogP contribution >= 0.6 is 11.3 Å². The van der Waals surface area contributed by atoms with E-state index in [0.717, 1.165) is 22.7 Å². The molecule has 1 aromatic carbocycles. The van der Waals surface area contributed by atoms with Crippen molar-refractivity contribution in [2.24, 2.45) is 5.92 Å². The monoisotopic (exact) mass is 470 g/mol. The molecule has 2 aromatic heterocycles. The number of alkyl halides is 3. The van der Waals surface area contributed by atoms with Gasteiger partial charge in [-0.2, -0.15) is 13.2 Å². The molecule has 0 fully saturated rings. The Hall–Kier alpha value is -2.46. The Labute approximate surface area is 182 Å². The van der Waals surface area contributed by atoms with Crippen LogP contribution in [0.2, 0.25) is 0 Å². The molecule has 0 saturated carbocycles. The Kier molecular flexibility index (Phi) is 6.70. The van der Waals surface area contributed by atoms with Gasteiger partial charge in [0, 0.05) is 34.0 Å². The van der Waals surface area contributed by atoms with Crippen molar-refractivity contribution in [1.82, 2.24) is 9.97 Å². The van der Waals surface area contributed by atoms with Crippen LogP contribution in [0.1, 0.15) is 25.1 Å². The van der Waals surface area contributed by atoms with Crippen LogP contribution in [0.3, 0.4) is 0 Å². The highest BCUT2D eigenvalue weighted by Gasteiger charge is 2.45. The predicted molar refractivity (Wildman–Crippen MR) is 115 cm³/mol. The summed E-state index contributed by atoms with van der Waals surface area (Å²) in [5.74, 6) is -0.650. The summed E-state index contributed by atoms with van der Waals surface area (Å²) >= 11 is 1.43. The first-order valence-corrected chi connectivity index (χ1v) is 11.9. The van der Waals surface area contributed by atoms with Gasteiger partial charge in [-0.15, -0.1) is 11.3 Å². The predicted octanol–water partition coefficient (Wildman–Crippen LogP) is 5.51. The lowest BCUT2D eigenvalue weighted by Crippen LogP contribution is -2.24. The summed E-state index contributed by atoms with van der Waals surface area (Å²) in [5.41, 5.74) is -2.25. The van der Waals surface area contributed by atoms with Gasteiger partial charge in [0.05, 0.1) is 18.6 Å². The Morgan fingerprint density at radius 3 is 2.52 bits per heavy atom. The standard InChI is InChI=1S/C21H21F3N2O3S2/c1-13(2)8-17-9-15(6-7-25-17)20-26-18(11-30-20)14-4-5-16(19(10-14)29-3)12-31(27,28)21(22,23)24/h4-7,9-11,13H,8,12H2,1-3H3. The van der Waals surface area contributed by atoms with Gasteiger partial charge in [-0.25, -0.2) is 13.4 Å². The number of nitrogens with zero attached hydrogens (tertiary/aromatic N) is 2. The zero-order valence-electron chi connectivity index (χ0n) is 17.1. The first kappa shape index (κ1) is 23.2. The molecule has 0 unspecified atom stereocenters. The van der Waals surface area contributed by atoms with Crippen LogP contribution in [-0.2, 0) is 22.0 Å². The molecule has 0 aliphatic rings. The van der Waals surface area contributed by atoms with Gasteiger partial charge in [-0.1, -0.05) is 26.0 Å². The highest BCUT2D eigenvalue weighted by Crippen LogP contribution is 2.34. The summed E-state index contributed by atoms with van der Waals surface area (Å²) in [6.45, 7) is 4.24. The maximum atomic E-state index is 12.7. The number of sulfone groups is 1. The molecule has 31 heavy (non-hydrogen) atoms. The third kappa shape index (κ3) is 5.43. The quantitative estimate of drug-likeness (QED) is 0.455. The highest BCUT2D eigenvalue weighted by atomic mass is 32.2. The third-order valence-corrected chi connectivity index (χ3v) is 6.75. The maximum absolute atomic E-state index is 12.7. The van der Waals surface area contributed by atoms with Crippen LogP contribution in [0.15, 0.2) is 41.9 Å². The summed E-state index contributed by atoms with van der Waals surface area (Å²) < 4.78 is 66.3. The summed E-state index contributed by atoms with van der Waals surface area (Å²) in [5, 5.41) is 2.61. The molecule has 166 valence electrons. The average Bonchev–Trinajstić information content (AvgIpc) is 3.17. The normalized spacial score (nSPS) is 12.4. The lowest BCUT2D eigenvalue weighted by molar-refractivity contribution is -0.0437. The second kappa shape index (κ2) is 8.96. The molecule has 0 aliphatic carbocycles. The van der Waals surface area contributed by atoms with E-state index in [1.54, 1.807) is 12.3 Å². The lowest BCUT2D eigenvalue weighted by Gasteiger charge is -2.12. The fourth-order valence-electron chi connectivity index (χ4n) is 2.99. The smallest absolute Gasteiger partial charge is 0.496 e. The van der Waals surface area contributed by atoms with Gasteiger partial charge < -0.3 is 4.74 Å². The van der Waals surface area contributed by atoms with Crippen molar-refractivity contribution in [3.8, 4) is 27.6 Å². The molecule has 2 heterocycles. The Morgan fingerprint density at radius 1 is 1.13 bits per heavy atom. The first-order chi connectivity index (χ1) is 14.5. The minimum atomic E-state index is -5.32. The van der Waals surface area contributed by atoms with Gasteiger partial charge in [0.15, 0.2) is 0 Å². The van der Waals surface area contributed by atoms with Crippen LogP contribution in [-0.4, -0.2) is 31.0 Å². The molecule has 3 rings (SSSR count). The van der Waals surface area contributed by atoms with E-state index in [1.807, 2.05) is 17.5 Å². The molecular weight excluding hydrogens is 449 g/mol. The Balaban J connectivity index is 1.89. The largest absolute Gasteiger partial charge is 0.497 e. The Morgan fingerprint density at radius 2 is 1.87 bits per heavy atom. The third-order valence-electron chi connectivity index (χ3n) is 4.47. The number of thiazole rings is 1. The summed E-state index contributed by atoms with van der Waals surface area (Å²) in [4.78, 5) is 9.01. The van der Waals surface area contributed by atoms with Crippen molar-refractivity contribution < 1.29 is 26.3 Å². The summed E-state index contributed by atoms with van der Waals surface area (Å²) in [6, 6.07) is 8.23. The van der Waals surface area contributed by atoms with Crippen LogP contribution < -0.4 is 4.74 Å². The van der Waals surface area contributed by atoms with E-state index in [9.17, 15) is 21.6 Å². The number of benzene rings is 1. The molecule has 5 nitrogen and oxygen atoms in total. The number of methoxy groups -OCH3 is 1. The minimum absolute atomic E-state index is 0.0583. The molecule has 0 spiro atoms. The van der Waals surface area contributed by atoms with Gasteiger partial charge in [0.2, 0.25) is 0 Å². The number of aromatic nitrogens is 2. The zero-order chi connectivity index (χ0) is 22.8. The van der Waals surface area contributed by atoms with E-state index in [0.29, 0.717) is 17.2 Å². The maximum Gasteiger partial charge on any atom is 0.497 e. The number of pyridine rings is 1. The zero-order valence-corrected chi connectivity index (χ0v) is 18.7. The fraction of sp³-hybridized carbons (Fsp3) is 0.333. The number of rotatable bonds is 7. The van der Waals surface area contributed by atoms with Gasteiger partial charge in [-0.3, -0.25) is 4.98 Å². The number of hydrogen-bond donors (Lipinski definition) is 0. The van der Waals surface area contributed by atoms with E-state index in [1.165, 1.54) is 30.6 Å². The summed E-state index contributed by atoms with van der Waals surface area (Å²) in [6.07, 6.45) is 2.60. The molecule has 3 aromatic rings. The van der Waals surface area contributed by atoms with E-state index < -0.39 is 21.1 Å². The second-order valence-electron chi connectivity index (χ2n) is 7.40. The number of halogens is 3.